The molecule has 2 atom stereocenters. The largest absolute Gasteiger partial charge is 0.391 e. The minimum Gasteiger partial charge on any atom is -0.391 e. The van der Waals surface area contributed by atoms with Gasteiger partial charge in [-0.05, 0) is 35.1 Å². The summed E-state index contributed by atoms with van der Waals surface area (Å²) in [6, 6.07) is 5.85. The molecule has 0 saturated carbocycles. The fourth-order valence-corrected chi connectivity index (χ4v) is 2.73. The fraction of sp³-hybridized carbons (Fsp3) is 0.500. The fourth-order valence-electron chi connectivity index (χ4n) is 2.37. The van der Waals surface area contributed by atoms with Crippen molar-refractivity contribution in [2.24, 2.45) is 5.73 Å². The van der Waals surface area contributed by atoms with Gasteiger partial charge >= 0.3 is 0 Å². The second kappa shape index (κ2) is 3.58. The highest BCUT2D eigenvalue weighted by Crippen LogP contribution is 2.41. The molecule has 2 rings (SSSR count). The molecule has 3 N–H and O–H groups in total. The molecule has 2 nitrogen and oxygen atoms in total. The first-order chi connectivity index (χ1) is 6.92. The van der Waals surface area contributed by atoms with Crippen molar-refractivity contribution in [2.45, 2.75) is 37.8 Å². The van der Waals surface area contributed by atoms with Gasteiger partial charge in [-0.3, -0.25) is 0 Å². The van der Waals surface area contributed by atoms with Crippen LogP contribution in [0.25, 0.3) is 0 Å². The molecule has 0 fully saturated rings. The molecular formula is C12H16BrNO. The zero-order chi connectivity index (χ0) is 11.2. The molecule has 15 heavy (non-hydrogen) atoms. The number of hydrogen-bond donors (Lipinski definition) is 2. The molecule has 3 heteroatoms. The van der Waals surface area contributed by atoms with Crippen molar-refractivity contribution in [3.63, 3.8) is 0 Å². The van der Waals surface area contributed by atoms with Crippen LogP contribution in [-0.4, -0.2) is 11.2 Å². The SMILES string of the molecule is CC1(C)C[C@@H](O)[C@H](N)c2ccc(Br)cc21. The molecular weight excluding hydrogens is 254 g/mol. The van der Waals surface area contributed by atoms with Gasteiger partial charge in [-0.1, -0.05) is 35.8 Å². The number of benzene rings is 1. The van der Waals surface area contributed by atoms with Crippen molar-refractivity contribution in [3.8, 4) is 0 Å². The van der Waals surface area contributed by atoms with Crippen LogP contribution in [0.2, 0.25) is 0 Å². The zero-order valence-electron chi connectivity index (χ0n) is 9.00. The summed E-state index contributed by atoms with van der Waals surface area (Å²) in [5, 5.41) is 9.89. The van der Waals surface area contributed by atoms with E-state index in [0.717, 1.165) is 16.5 Å². The Morgan fingerprint density at radius 2 is 2.13 bits per heavy atom. The van der Waals surface area contributed by atoms with Crippen LogP contribution in [0.3, 0.4) is 0 Å². The average Bonchev–Trinajstić information content (AvgIpc) is 2.14. The summed E-state index contributed by atoms with van der Waals surface area (Å²) < 4.78 is 1.07. The molecule has 1 aliphatic carbocycles. The summed E-state index contributed by atoms with van der Waals surface area (Å²) in [5.74, 6) is 0. The van der Waals surface area contributed by atoms with Crippen LogP contribution in [0.5, 0.6) is 0 Å². The Bertz CT molecular complexity index is 389. The van der Waals surface area contributed by atoms with E-state index in [1.54, 1.807) is 0 Å². The summed E-state index contributed by atoms with van der Waals surface area (Å²) in [5.41, 5.74) is 8.31. The smallest absolute Gasteiger partial charge is 0.0741 e. The maximum atomic E-state index is 9.89. The van der Waals surface area contributed by atoms with Crippen molar-refractivity contribution in [1.82, 2.24) is 0 Å². The Hall–Kier alpha value is -0.380. The summed E-state index contributed by atoms with van der Waals surface area (Å²) in [4.78, 5) is 0. The molecule has 0 saturated heterocycles. The zero-order valence-corrected chi connectivity index (χ0v) is 10.6. The van der Waals surface area contributed by atoms with Gasteiger partial charge in [0.05, 0.1) is 12.1 Å². The van der Waals surface area contributed by atoms with Crippen LogP contribution in [-0.2, 0) is 5.41 Å². The van der Waals surface area contributed by atoms with E-state index in [0.29, 0.717) is 0 Å². The third-order valence-corrected chi connectivity index (χ3v) is 3.73. The van der Waals surface area contributed by atoms with E-state index in [1.807, 2.05) is 12.1 Å². The van der Waals surface area contributed by atoms with Gasteiger partial charge in [0.1, 0.15) is 0 Å². The second-order valence-electron chi connectivity index (χ2n) is 4.91. The Morgan fingerprint density at radius 1 is 1.47 bits per heavy atom. The van der Waals surface area contributed by atoms with Crippen molar-refractivity contribution in [2.75, 3.05) is 0 Å². The molecule has 0 amide bonds. The van der Waals surface area contributed by atoms with Crippen LogP contribution in [0, 0.1) is 0 Å². The van der Waals surface area contributed by atoms with Gasteiger partial charge in [0.2, 0.25) is 0 Å². The van der Waals surface area contributed by atoms with Gasteiger partial charge in [0.15, 0.2) is 0 Å². The molecule has 0 bridgehead atoms. The molecule has 1 aromatic carbocycles. The number of rotatable bonds is 0. The topological polar surface area (TPSA) is 46.2 Å². The van der Waals surface area contributed by atoms with E-state index in [2.05, 4.69) is 35.8 Å². The van der Waals surface area contributed by atoms with E-state index >= 15 is 0 Å². The lowest BCUT2D eigenvalue weighted by atomic mass is 9.70. The van der Waals surface area contributed by atoms with Crippen molar-refractivity contribution < 1.29 is 5.11 Å². The van der Waals surface area contributed by atoms with Crippen LogP contribution >= 0.6 is 15.9 Å². The number of fused-ring (bicyclic) bond motifs is 1. The normalized spacial score (nSPS) is 28.6. The van der Waals surface area contributed by atoms with E-state index in [1.165, 1.54) is 5.56 Å². The summed E-state index contributed by atoms with van der Waals surface area (Å²) >= 11 is 3.47. The quantitative estimate of drug-likeness (QED) is 0.760. The van der Waals surface area contributed by atoms with Crippen molar-refractivity contribution in [1.29, 1.82) is 0 Å². The molecule has 0 radical (unpaired) electrons. The first-order valence-electron chi connectivity index (χ1n) is 5.15. The first kappa shape index (κ1) is 11.1. The molecule has 82 valence electrons. The molecule has 0 aliphatic heterocycles. The Labute approximate surface area is 98.6 Å². The van der Waals surface area contributed by atoms with Crippen molar-refractivity contribution >= 4 is 15.9 Å². The summed E-state index contributed by atoms with van der Waals surface area (Å²) in [6.45, 7) is 4.29. The average molecular weight is 270 g/mol. The maximum Gasteiger partial charge on any atom is 0.0741 e. The van der Waals surface area contributed by atoms with Gasteiger partial charge in [-0.25, -0.2) is 0 Å². The highest BCUT2D eigenvalue weighted by atomic mass is 79.9. The van der Waals surface area contributed by atoms with Crippen molar-refractivity contribution in [3.05, 3.63) is 33.8 Å². The molecule has 0 unspecified atom stereocenters. The van der Waals surface area contributed by atoms with E-state index in [-0.39, 0.29) is 11.5 Å². The first-order valence-corrected chi connectivity index (χ1v) is 5.95. The van der Waals surface area contributed by atoms with E-state index < -0.39 is 6.10 Å². The van der Waals surface area contributed by atoms with Gasteiger partial charge in [-0.2, -0.15) is 0 Å². The minimum atomic E-state index is -0.436. The summed E-state index contributed by atoms with van der Waals surface area (Å²) in [7, 11) is 0. The molecule has 1 aromatic rings. The predicted octanol–water partition coefficient (Wildman–Crippen LogP) is 2.49. The number of aliphatic hydroxyl groups is 1. The monoisotopic (exact) mass is 269 g/mol. The highest BCUT2D eigenvalue weighted by molar-refractivity contribution is 9.10. The Morgan fingerprint density at radius 3 is 2.80 bits per heavy atom. The Kier molecular flexibility index (Phi) is 2.65. The maximum absolute atomic E-state index is 9.89. The molecule has 0 spiro atoms. The van der Waals surface area contributed by atoms with Gasteiger partial charge in [-0.15, -0.1) is 0 Å². The minimum absolute atomic E-state index is 0.00556. The number of halogens is 1. The van der Waals surface area contributed by atoms with Crippen LogP contribution < -0.4 is 5.73 Å². The lowest BCUT2D eigenvalue weighted by Crippen LogP contribution is -2.39. The van der Waals surface area contributed by atoms with E-state index in [4.69, 9.17) is 5.73 Å². The van der Waals surface area contributed by atoms with E-state index in [9.17, 15) is 5.11 Å². The lowest BCUT2D eigenvalue weighted by Gasteiger charge is -2.39. The van der Waals surface area contributed by atoms with Crippen LogP contribution in [0.15, 0.2) is 22.7 Å². The van der Waals surface area contributed by atoms with Gasteiger partial charge in [0.25, 0.3) is 0 Å². The third kappa shape index (κ3) is 1.84. The molecule has 0 heterocycles. The number of nitrogens with two attached hydrogens (primary N) is 1. The summed E-state index contributed by atoms with van der Waals surface area (Å²) in [6.07, 6.45) is 0.283. The lowest BCUT2D eigenvalue weighted by molar-refractivity contribution is 0.0994. The predicted molar refractivity (Wildman–Crippen MR) is 64.7 cm³/mol. The molecule has 0 aromatic heterocycles. The second-order valence-corrected chi connectivity index (χ2v) is 5.83. The third-order valence-electron chi connectivity index (χ3n) is 3.24. The van der Waals surface area contributed by atoms with Gasteiger partial charge < -0.3 is 10.8 Å². The Balaban J connectivity index is 2.59. The van der Waals surface area contributed by atoms with Crippen LogP contribution in [0.1, 0.15) is 37.4 Å². The number of aliphatic hydroxyl groups excluding tert-OH is 1. The van der Waals surface area contributed by atoms with Gasteiger partial charge in [0, 0.05) is 4.47 Å². The van der Waals surface area contributed by atoms with Crippen LogP contribution in [0.4, 0.5) is 0 Å². The highest BCUT2D eigenvalue weighted by Gasteiger charge is 2.36. The number of hydrogen-bond acceptors (Lipinski definition) is 2. The molecule has 1 aliphatic rings. The standard InChI is InChI=1S/C12H16BrNO/c1-12(2)6-10(15)11(14)8-4-3-7(13)5-9(8)12/h3-5,10-11,15H,6,14H2,1-2H3/t10-,11-/m1/s1.